The SMILES string of the molecule is CSc1sc(C(=N)N)cc1S(=O)(=O)c1ccoc1C.O=C(O)C(F)(F)F. The van der Waals surface area contributed by atoms with Crippen molar-refractivity contribution in [2.24, 2.45) is 5.73 Å². The number of thioether (sulfide) groups is 1. The van der Waals surface area contributed by atoms with E-state index in [0.29, 0.717) is 14.8 Å². The van der Waals surface area contributed by atoms with Gasteiger partial charge in [-0.3, -0.25) is 5.41 Å². The van der Waals surface area contributed by atoms with Crippen molar-refractivity contribution >= 4 is 44.7 Å². The Morgan fingerprint density at radius 1 is 1.38 bits per heavy atom. The molecule has 0 aliphatic heterocycles. The molecule has 0 aliphatic rings. The molecule has 0 radical (unpaired) electrons. The van der Waals surface area contributed by atoms with E-state index >= 15 is 0 Å². The number of halogens is 3. The minimum atomic E-state index is -5.08. The van der Waals surface area contributed by atoms with Crippen molar-refractivity contribution in [2.75, 3.05) is 6.26 Å². The number of aryl methyl sites for hydroxylation is 1. The van der Waals surface area contributed by atoms with E-state index in [0.717, 1.165) is 0 Å². The number of nitrogens with two attached hydrogens (primary N) is 1. The minimum Gasteiger partial charge on any atom is -0.475 e. The van der Waals surface area contributed by atoms with E-state index < -0.39 is 22.0 Å². The number of carboxylic acids is 1. The molecule has 0 saturated carbocycles. The molecule has 2 aromatic heterocycles. The number of hydrogen-bond acceptors (Lipinski definition) is 7. The number of alkyl halides is 3. The Kier molecular flexibility index (Phi) is 6.90. The first-order chi connectivity index (χ1) is 11.8. The van der Waals surface area contributed by atoms with Crippen LogP contribution in [0.3, 0.4) is 0 Å². The van der Waals surface area contributed by atoms with Gasteiger partial charge in [0.1, 0.15) is 16.5 Å². The molecule has 0 bridgehead atoms. The fourth-order valence-corrected chi connectivity index (χ4v) is 5.60. The molecule has 0 unspecified atom stereocenters. The molecule has 144 valence electrons. The predicted octanol–water partition coefficient (Wildman–Crippen LogP) is 3.12. The molecule has 4 N–H and O–H groups in total. The smallest absolute Gasteiger partial charge is 0.475 e. The molecule has 0 amide bonds. The summed E-state index contributed by atoms with van der Waals surface area (Å²) in [6, 6.07) is 2.88. The number of carboxylic acid groups (broad SMARTS) is 1. The zero-order valence-corrected chi connectivity index (χ0v) is 15.7. The van der Waals surface area contributed by atoms with Gasteiger partial charge in [0.15, 0.2) is 0 Å². The van der Waals surface area contributed by atoms with E-state index in [1.165, 1.54) is 41.5 Å². The van der Waals surface area contributed by atoms with Gasteiger partial charge in [-0.25, -0.2) is 13.2 Å². The normalized spacial score (nSPS) is 11.6. The van der Waals surface area contributed by atoms with Gasteiger partial charge in [-0.1, -0.05) is 0 Å². The maximum Gasteiger partial charge on any atom is 0.490 e. The van der Waals surface area contributed by atoms with E-state index in [2.05, 4.69) is 0 Å². The summed E-state index contributed by atoms with van der Waals surface area (Å²) in [6.07, 6.45) is -1.95. The van der Waals surface area contributed by atoms with Crippen LogP contribution >= 0.6 is 23.1 Å². The van der Waals surface area contributed by atoms with Crippen molar-refractivity contribution in [3.63, 3.8) is 0 Å². The number of hydrogen-bond donors (Lipinski definition) is 3. The maximum atomic E-state index is 12.6. The summed E-state index contributed by atoms with van der Waals surface area (Å²) in [5, 5.41) is 14.5. The van der Waals surface area contributed by atoms with Gasteiger partial charge in [-0.15, -0.1) is 23.1 Å². The topological polar surface area (TPSA) is 134 Å². The van der Waals surface area contributed by atoms with Crippen LogP contribution in [0.2, 0.25) is 0 Å². The molecule has 0 spiro atoms. The fourth-order valence-electron chi connectivity index (χ4n) is 1.59. The Morgan fingerprint density at radius 3 is 2.27 bits per heavy atom. The average Bonchev–Trinajstić information content (AvgIpc) is 3.13. The van der Waals surface area contributed by atoms with E-state index in [4.69, 9.17) is 25.5 Å². The van der Waals surface area contributed by atoms with Crippen molar-refractivity contribution in [2.45, 2.75) is 27.1 Å². The number of rotatable bonds is 4. The van der Waals surface area contributed by atoms with Crippen LogP contribution in [-0.2, 0) is 14.6 Å². The number of sulfone groups is 1. The lowest BCUT2D eigenvalue weighted by molar-refractivity contribution is -0.192. The first-order valence-electron chi connectivity index (χ1n) is 6.43. The first-order valence-corrected chi connectivity index (χ1v) is 9.96. The highest BCUT2D eigenvalue weighted by atomic mass is 32.2. The molecule has 0 saturated heterocycles. The van der Waals surface area contributed by atoms with Crippen LogP contribution in [0.25, 0.3) is 0 Å². The predicted molar refractivity (Wildman–Crippen MR) is 89.7 cm³/mol. The van der Waals surface area contributed by atoms with Crippen LogP contribution in [0.5, 0.6) is 0 Å². The lowest BCUT2D eigenvalue weighted by atomic mass is 10.4. The molecule has 13 heteroatoms. The molecular formula is C13H13F3N2O5S3. The Hall–Kier alpha value is -1.99. The Morgan fingerprint density at radius 2 is 1.92 bits per heavy atom. The van der Waals surface area contributed by atoms with Crippen LogP contribution in [0.4, 0.5) is 13.2 Å². The quantitative estimate of drug-likeness (QED) is 0.385. The minimum absolute atomic E-state index is 0.134. The number of furan rings is 1. The van der Waals surface area contributed by atoms with Crippen molar-refractivity contribution in [3.8, 4) is 0 Å². The lowest BCUT2D eigenvalue weighted by Gasteiger charge is -2.02. The molecule has 0 atom stereocenters. The van der Waals surface area contributed by atoms with Gasteiger partial charge in [-0.05, 0) is 25.3 Å². The standard InChI is InChI=1S/C11H12N2O3S3.C2HF3O2/c1-6-8(3-4-16-6)19(14,15)9-5-7(10(12)13)18-11(9)17-2;3-2(4,5)1(6)7/h3-5H,1-2H3,(H3,12,13);(H,6,7). The zero-order valence-electron chi connectivity index (χ0n) is 13.2. The number of nitrogen functional groups attached to an aromatic ring is 1. The molecule has 26 heavy (non-hydrogen) atoms. The first kappa shape index (κ1) is 22.1. The van der Waals surface area contributed by atoms with Crippen LogP contribution < -0.4 is 5.73 Å². The van der Waals surface area contributed by atoms with Gasteiger partial charge in [0.25, 0.3) is 0 Å². The van der Waals surface area contributed by atoms with Gasteiger partial charge >= 0.3 is 12.1 Å². The van der Waals surface area contributed by atoms with Crippen LogP contribution in [0, 0.1) is 12.3 Å². The Balaban J connectivity index is 0.000000412. The summed E-state index contributed by atoms with van der Waals surface area (Å²) in [5.74, 6) is -2.54. The summed E-state index contributed by atoms with van der Waals surface area (Å²) in [7, 11) is -3.64. The number of nitrogens with one attached hydrogen (secondary N) is 1. The van der Waals surface area contributed by atoms with Gasteiger partial charge in [0.2, 0.25) is 9.84 Å². The second-order valence-corrected chi connectivity index (χ2v) is 8.54. The molecule has 0 aromatic carbocycles. The van der Waals surface area contributed by atoms with E-state index in [-0.39, 0.29) is 15.6 Å². The highest BCUT2D eigenvalue weighted by molar-refractivity contribution is 8.01. The monoisotopic (exact) mass is 430 g/mol. The number of carbonyl (C=O) groups is 1. The van der Waals surface area contributed by atoms with Gasteiger partial charge in [0.05, 0.1) is 20.2 Å². The maximum absolute atomic E-state index is 12.6. The van der Waals surface area contributed by atoms with Gasteiger partial charge < -0.3 is 15.3 Å². The zero-order chi connectivity index (χ0) is 20.3. The van der Waals surface area contributed by atoms with Crippen LogP contribution in [-0.4, -0.2) is 37.8 Å². The molecular weight excluding hydrogens is 417 g/mol. The van der Waals surface area contributed by atoms with Crippen molar-refractivity contribution in [1.82, 2.24) is 0 Å². The largest absolute Gasteiger partial charge is 0.490 e. The second-order valence-electron chi connectivity index (χ2n) is 4.53. The molecule has 0 aliphatic carbocycles. The second kappa shape index (κ2) is 8.14. The number of amidine groups is 1. The summed E-state index contributed by atoms with van der Waals surface area (Å²) in [4.78, 5) is 9.67. The molecule has 2 heterocycles. The molecule has 2 rings (SSSR count). The number of aliphatic carboxylic acids is 1. The Labute approximate surface area is 154 Å². The van der Waals surface area contributed by atoms with Crippen LogP contribution in [0.15, 0.2) is 36.8 Å². The highest BCUT2D eigenvalue weighted by Gasteiger charge is 2.38. The third kappa shape index (κ3) is 5.02. The van der Waals surface area contributed by atoms with Crippen molar-refractivity contribution in [1.29, 1.82) is 5.41 Å². The third-order valence-electron chi connectivity index (χ3n) is 2.75. The third-order valence-corrected chi connectivity index (χ3v) is 7.22. The van der Waals surface area contributed by atoms with E-state index in [1.807, 2.05) is 0 Å². The Bertz CT molecular complexity index is 916. The van der Waals surface area contributed by atoms with E-state index in [1.54, 1.807) is 13.2 Å². The summed E-state index contributed by atoms with van der Waals surface area (Å²) < 4.78 is 62.5. The van der Waals surface area contributed by atoms with Gasteiger partial charge in [0, 0.05) is 0 Å². The average molecular weight is 430 g/mol. The fraction of sp³-hybridized carbons (Fsp3) is 0.231. The molecule has 7 nitrogen and oxygen atoms in total. The summed E-state index contributed by atoms with van der Waals surface area (Å²) >= 11 is 2.52. The van der Waals surface area contributed by atoms with Gasteiger partial charge in [-0.2, -0.15) is 13.2 Å². The van der Waals surface area contributed by atoms with E-state index in [9.17, 15) is 21.6 Å². The summed E-state index contributed by atoms with van der Waals surface area (Å²) in [6.45, 7) is 1.60. The van der Waals surface area contributed by atoms with Crippen molar-refractivity contribution < 1.29 is 35.9 Å². The van der Waals surface area contributed by atoms with Crippen LogP contribution in [0.1, 0.15) is 10.6 Å². The summed E-state index contributed by atoms with van der Waals surface area (Å²) in [5.41, 5.74) is 5.41. The molecule has 0 fully saturated rings. The number of thiophene rings is 1. The van der Waals surface area contributed by atoms with Crippen molar-refractivity contribution in [3.05, 3.63) is 29.0 Å². The lowest BCUT2D eigenvalue weighted by Crippen LogP contribution is -2.21. The highest BCUT2D eigenvalue weighted by Crippen LogP contribution is 2.37. The molecule has 2 aromatic rings.